The van der Waals surface area contributed by atoms with Crippen molar-refractivity contribution in [3.05, 3.63) is 16.3 Å². The molecule has 3 unspecified atom stereocenters. The highest BCUT2D eigenvalue weighted by Crippen LogP contribution is 2.38. The number of hydrogen-bond acceptors (Lipinski definition) is 4. The molecule has 1 aliphatic carbocycles. The fraction of sp³-hybridized carbons (Fsp3) is 0.615. The quantitative estimate of drug-likeness (QED) is 0.909. The molecule has 0 aromatic carbocycles. The summed E-state index contributed by atoms with van der Waals surface area (Å²) in [5, 5.41) is 1.90. The Labute approximate surface area is 123 Å². The molecule has 3 rings (SSSR count). The van der Waals surface area contributed by atoms with Crippen LogP contribution in [0.2, 0.25) is 0 Å². The zero-order valence-electron chi connectivity index (χ0n) is 10.9. The predicted octanol–water partition coefficient (Wildman–Crippen LogP) is 1.99. The van der Waals surface area contributed by atoms with E-state index in [4.69, 9.17) is 10.5 Å². The smallest absolute Gasteiger partial charge is 0.267 e. The summed E-state index contributed by atoms with van der Waals surface area (Å²) >= 11 is 1.45. The third-order valence-electron chi connectivity index (χ3n) is 4.24. The number of carbonyl (C=O) groups excluding carboxylic acids is 1. The lowest BCUT2D eigenvalue weighted by Crippen LogP contribution is -2.33. The molecule has 4 nitrogen and oxygen atoms in total. The van der Waals surface area contributed by atoms with E-state index in [0.717, 1.165) is 25.9 Å². The molecule has 3 atom stereocenters. The maximum Gasteiger partial charge on any atom is 0.267 e. The van der Waals surface area contributed by atoms with Crippen LogP contribution in [0.1, 0.15) is 22.5 Å². The first kappa shape index (κ1) is 14.6. The van der Waals surface area contributed by atoms with E-state index in [0.29, 0.717) is 22.5 Å². The number of nitrogens with two attached hydrogens (primary N) is 1. The van der Waals surface area contributed by atoms with E-state index in [2.05, 4.69) is 0 Å². The number of nitrogens with zero attached hydrogens (tertiary/aromatic N) is 1. The molecule has 6 heteroatoms. The van der Waals surface area contributed by atoms with Crippen molar-refractivity contribution in [3.63, 3.8) is 0 Å². The number of likely N-dealkylation sites (tertiary alicyclic amines) is 1. The Morgan fingerprint density at radius 2 is 2.26 bits per heavy atom. The van der Waals surface area contributed by atoms with Crippen LogP contribution in [-0.4, -0.2) is 37.0 Å². The zero-order chi connectivity index (χ0) is 12.7. The molecule has 2 N–H and O–H groups in total. The summed E-state index contributed by atoms with van der Waals surface area (Å²) in [6.45, 7) is 1.67. The van der Waals surface area contributed by atoms with Crippen LogP contribution in [0.4, 0.5) is 0 Å². The van der Waals surface area contributed by atoms with Crippen molar-refractivity contribution >= 4 is 29.7 Å². The van der Waals surface area contributed by atoms with Gasteiger partial charge in [0.25, 0.3) is 5.91 Å². The van der Waals surface area contributed by atoms with Crippen molar-refractivity contribution in [2.45, 2.75) is 18.9 Å². The van der Waals surface area contributed by atoms with E-state index in [1.54, 1.807) is 7.11 Å². The summed E-state index contributed by atoms with van der Waals surface area (Å²) in [6.07, 6.45) is 2.27. The number of rotatable bonds is 2. The van der Waals surface area contributed by atoms with E-state index in [1.807, 2.05) is 16.3 Å². The van der Waals surface area contributed by atoms with E-state index >= 15 is 0 Å². The van der Waals surface area contributed by atoms with Crippen LogP contribution in [0.25, 0.3) is 0 Å². The number of amides is 1. The molecule has 1 saturated heterocycles. The molecule has 1 aromatic rings. The van der Waals surface area contributed by atoms with Gasteiger partial charge in [0, 0.05) is 19.1 Å². The fourth-order valence-electron chi connectivity index (χ4n) is 3.23. The summed E-state index contributed by atoms with van der Waals surface area (Å²) in [5.74, 6) is 1.89. The minimum Gasteiger partial charge on any atom is -0.495 e. The molecular formula is C13H19ClN2O2S. The third kappa shape index (κ3) is 2.47. The van der Waals surface area contributed by atoms with Gasteiger partial charge in [0.1, 0.15) is 10.6 Å². The Morgan fingerprint density at radius 1 is 1.47 bits per heavy atom. The van der Waals surface area contributed by atoms with Gasteiger partial charge < -0.3 is 15.4 Å². The van der Waals surface area contributed by atoms with Crippen molar-refractivity contribution in [1.82, 2.24) is 4.90 Å². The van der Waals surface area contributed by atoms with Crippen LogP contribution in [-0.2, 0) is 0 Å². The van der Waals surface area contributed by atoms with Gasteiger partial charge in [-0.2, -0.15) is 0 Å². The SMILES string of the molecule is COc1ccsc1C(=O)N1CC2CCC(N)C2C1.Cl. The van der Waals surface area contributed by atoms with Gasteiger partial charge in [-0.05, 0) is 36.1 Å². The molecule has 2 heterocycles. The van der Waals surface area contributed by atoms with Crippen LogP contribution in [0.5, 0.6) is 5.75 Å². The molecule has 106 valence electrons. The van der Waals surface area contributed by atoms with E-state index in [1.165, 1.54) is 11.3 Å². The van der Waals surface area contributed by atoms with Crippen LogP contribution < -0.4 is 10.5 Å². The average molecular weight is 303 g/mol. The van der Waals surface area contributed by atoms with Crippen molar-refractivity contribution in [3.8, 4) is 5.75 Å². The summed E-state index contributed by atoms with van der Waals surface area (Å²) in [7, 11) is 1.60. The second-order valence-corrected chi connectivity index (χ2v) is 6.11. The molecule has 0 bridgehead atoms. The first-order valence-electron chi connectivity index (χ1n) is 6.37. The molecule has 0 radical (unpaired) electrons. The third-order valence-corrected chi connectivity index (χ3v) is 5.13. The van der Waals surface area contributed by atoms with E-state index in [-0.39, 0.29) is 24.4 Å². The Balaban J connectivity index is 0.00000133. The van der Waals surface area contributed by atoms with Gasteiger partial charge >= 0.3 is 0 Å². The Bertz CT molecular complexity index is 465. The lowest BCUT2D eigenvalue weighted by molar-refractivity contribution is 0.0781. The monoisotopic (exact) mass is 302 g/mol. The number of halogens is 1. The van der Waals surface area contributed by atoms with Gasteiger partial charge in [0.2, 0.25) is 0 Å². The Kier molecular flexibility index (Phi) is 4.38. The molecule has 19 heavy (non-hydrogen) atoms. The Hall–Kier alpha value is -0.780. The second kappa shape index (κ2) is 5.69. The number of ether oxygens (including phenoxy) is 1. The largest absolute Gasteiger partial charge is 0.495 e. The minimum absolute atomic E-state index is 0. The van der Waals surface area contributed by atoms with Crippen molar-refractivity contribution in [1.29, 1.82) is 0 Å². The molecule has 1 amide bonds. The molecule has 2 aliphatic rings. The summed E-state index contributed by atoms with van der Waals surface area (Å²) in [5.41, 5.74) is 6.10. The van der Waals surface area contributed by atoms with Gasteiger partial charge in [-0.3, -0.25) is 4.79 Å². The van der Waals surface area contributed by atoms with Crippen LogP contribution in [0.3, 0.4) is 0 Å². The highest BCUT2D eigenvalue weighted by Gasteiger charge is 2.43. The van der Waals surface area contributed by atoms with Gasteiger partial charge in [-0.15, -0.1) is 23.7 Å². The predicted molar refractivity (Wildman–Crippen MR) is 78.2 cm³/mol. The average Bonchev–Trinajstić information content (AvgIpc) is 3.05. The lowest BCUT2D eigenvalue weighted by Gasteiger charge is -2.18. The molecule has 0 spiro atoms. The maximum absolute atomic E-state index is 12.4. The number of hydrogen-bond donors (Lipinski definition) is 1. The van der Waals surface area contributed by atoms with Gasteiger partial charge in [-0.25, -0.2) is 0 Å². The summed E-state index contributed by atoms with van der Waals surface area (Å²) in [4.78, 5) is 15.1. The standard InChI is InChI=1S/C13H18N2O2S.ClH/c1-17-11-4-5-18-12(11)13(16)15-6-8-2-3-10(14)9(8)7-15;/h4-5,8-10H,2-3,6-7,14H2,1H3;1H. The van der Waals surface area contributed by atoms with Gasteiger partial charge in [-0.1, -0.05) is 0 Å². The first-order valence-corrected chi connectivity index (χ1v) is 7.25. The molecule has 1 saturated carbocycles. The number of carbonyl (C=O) groups is 1. The van der Waals surface area contributed by atoms with E-state index in [9.17, 15) is 4.79 Å². The number of thiophene rings is 1. The number of fused-ring (bicyclic) bond motifs is 1. The molecule has 1 aliphatic heterocycles. The normalized spacial score (nSPS) is 28.9. The highest BCUT2D eigenvalue weighted by molar-refractivity contribution is 7.12. The lowest BCUT2D eigenvalue weighted by atomic mass is 9.98. The Morgan fingerprint density at radius 3 is 2.95 bits per heavy atom. The van der Waals surface area contributed by atoms with Gasteiger partial charge in [0.05, 0.1) is 7.11 Å². The summed E-state index contributed by atoms with van der Waals surface area (Å²) in [6, 6.07) is 2.12. The van der Waals surface area contributed by atoms with Crippen molar-refractivity contribution < 1.29 is 9.53 Å². The molecule has 1 aromatic heterocycles. The minimum atomic E-state index is 0. The summed E-state index contributed by atoms with van der Waals surface area (Å²) < 4.78 is 5.22. The topological polar surface area (TPSA) is 55.6 Å². The van der Waals surface area contributed by atoms with Crippen molar-refractivity contribution in [2.75, 3.05) is 20.2 Å². The maximum atomic E-state index is 12.4. The van der Waals surface area contributed by atoms with Crippen LogP contribution in [0.15, 0.2) is 11.4 Å². The van der Waals surface area contributed by atoms with Gasteiger partial charge in [0.15, 0.2) is 0 Å². The van der Waals surface area contributed by atoms with E-state index < -0.39 is 0 Å². The second-order valence-electron chi connectivity index (χ2n) is 5.19. The van der Waals surface area contributed by atoms with Crippen LogP contribution in [0, 0.1) is 11.8 Å². The van der Waals surface area contributed by atoms with Crippen molar-refractivity contribution in [2.24, 2.45) is 17.6 Å². The highest BCUT2D eigenvalue weighted by atomic mass is 35.5. The fourth-order valence-corrected chi connectivity index (χ4v) is 4.06. The zero-order valence-corrected chi connectivity index (χ0v) is 12.5. The molecular weight excluding hydrogens is 284 g/mol. The van der Waals surface area contributed by atoms with Crippen LogP contribution >= 0.6 is 23.7 Å². The molecule has 2 fully saturated rings. The first-order chi connectivity index (χ1) is 8.70. The number of methoxy groups -OCH3 is 1.